The Morgan fingerprint density at radius 3 is 2.07 bits per heavy atom. The van der Waals surface area contributed by atoms with Gasteiger partial charge in [0.25, 0.3) is 5.91 Å². The van der Waals surface area contributed by atoms with E-state index in [1.807, 2.05) is 0 Å². The highest BCUT2D eigenvalue weighted by atomic mass is 32.1. The van der Waals surface area contributed by atoms with Crippen LogP contribution in [0.4, 0.5) is 26.6 Å². The Labute approximate surface area is 159 Å². The van der Waals surface area contributed by atoms with E-state index in [-0.39, 0.29) is 17.6 Å². The van der Waals surface area contributed by atoms with E-state index in [9.17, 15) is 14.0 Å². The van der Waals surface area contributed by atoms with E-state index in [2.05, 4.69) is 20.9 Å². The molecule has 0 saturated heterocycles. The van der Waals surface area contributed by atoms with Crippen LogP contribution in [0.2, 0.25) is 0 Å². The van der Waals surface area contributed by atoms with Crippen LogP contribution in [-0.2, 0) is 4.79 Å². The molecule has 3 aromatic rings. The molecule has 0 spiro atoms. The molecule has 3 rings (SSSR count). The van der Waals surface area contributed by atoms with Crippen LogP contribution in [0.25, 0.3) is 0 Å². The molecule has 0 atom stereocenters. The average molecular weight is 384 g/mol. The first-order valence-corrected chi connectivity index (χ1v) is 8.91. The van der Waals surface area contributed by atoms with E-state index < -0.39 is 0 Å². The lowest BCUT2D eigenvalue weighted by molar-refractivity contribution is -0.114. The minimum atomic E-state index is -0.319. The van der Waals surface area contributed by atoms with Gasteiger partial charge in [-0.05, 0) is 55.5 Å². The third kappa shape index (κ3) is 4.89. The highest BCUT2D eigenvalue weighted by molar-refractivity contribution is 7.17. The van der Waals surface area contributed by atoms with Crippen molar-refractivity contribution >= 4 is 45.3 Å². The molecule has 0 saturated carbocycles. The fraction of sp³-hybridized carbons (Fsp3) is 0.105. The number of rotatable bonds is 5. The molecule has 0 aliphatic rings. The maximum absolute atomic E-state index is 13.0. The van der Waals surface area contributed by atoms with Crippen molar-refractivity contribution in [3.8, 4) is 0 Å². The van der Waals surface area contributed by atoms with Gasteiger partial charge in [-0.3, -0.25) is 9.59 Å². The average Bonchev–Trinajstić information content (AvgIpc) is 2.98. The van der Waals surface area contributed by atoms with Gasteiger partial charge in [0, 0.05) is 24.0 Å². The van der Waals surface area contributed by atoms with Crippen LogP contribution in [-0.4, -0.2) is 16.8 Å². The number of amides is 2. The summed E-state index contributed by atoms with van der Waals surface area (Å²) in [5, 5.41) is 9.07. The van der Waals surface area contributed by atoms with Crippen LogP contribution >= 0.6 is 11.3 Å². The molecule has 138 valence electrons. The molecule has 0 bridgehead atoms. The van der Waals surface area contributed by atoms with Crippen LogP contribution in [0.3, 0.4) is 0 Å². The normalized spacial score (nSPS) is 10.3. The maximum Gasteiger partial charge on any atom is 0.267 e. The van der Waals surface area contributed by atoms with Crippen LogP contribution in [0, 0.1) is 12.7 Å². The second-order valence-corrected chi connectivity index (χ2v) is 6.78. The largest absolute Gasteiger partial charge is 0.332 e. The summed E-state index contributed by atoms with van der Waals surface area (Å²) in [5.74, 6) is -0.752. The number of hydrogen-bond acceptors (Lipinski definition) is 5. The fourth-order valence-corrected chi connectivity index (χ4v) is 3.23. The third-order valence-corrected chi connectivity index (χ3v) is 4.63. The summed E-state index contributed by atoms with van der Waals surface area (Å²) in [6.45, 7) is 3.18. The molecule has 0 aliphatic heterocycles. The number of carbonyl (C=O) groups excluding carboxylic acids is 2. The first kappa shape index (κ1) is 18.5. The van der Waals surface area contributed by atoms with Crippen LogP contribution in [0.5, 0.6) is 0 Å². The molecule has 2 aromatic carbocycles. The molecule has 1 aromatic heterocycles. The standard InChI is InChI=1S/C19H17FN4O2S/c1-11-17(27-19(21-11)24-16-5-3-13(20)4-6-16)18(26)23-15-9-7-14(8-10-15)22-12(2)25/h3-10H,1-2H3,(H,21,24)(H,22,25)(H,23,26). The lowest BCUT2D eigenvalue weighted by atomic mass is 10.2. The summed E-state index contributed by atoms with van der Waals surface area (Å²) < 4.78 is 13.0. The number of aryl methyl sites for hydroxylation is 1. The molecular formula is C19H17FN4O2S. The molecule has 6 nitrogen and oxygen atoms in total. The number of nitrogens with zero attached hydrogens (tertiary/aromatic N) is 1. The Morgan fingerprint density at radius 2 is 1.48 bits per heavy atom. The summed E-state index contributed by atoms with van der Waals surface area (Å²) in [5.41, 5.74) is 2.54. The van der Waals surface area contributed by atoms with Crippen molar-refractivity contribution in [3.05, 3.63) is 64.9 Å². The summed E-state index contributed by atoms with van der Waals surface area (Å²) in [7, 11) is 0. The third-order valence-electron chi connectivity index (χ3n) is 3.56. The topological polar surface area (TPSA) is 83.1 Å². The van der Waals surface area contributed by atoms with Gasteiger partial charge in [-0.25, -0.2) is 9.37 Å². The molecule has 3 N–H and O–H groups in total. The van der Waals surface area contributed by atoms with Gasteiger partial charge in [0.05, 0.1) is 5.69 Å². The molecular weight excluding hydrogens is 367 g/mol. The summed E-state index contributed by atoms with van der Waals surface area (Å²) >= 11 is 1.21. The molecule has 2 amide bonds. The lowest BCUT2D eigenvalue weighted by Crippen LogP contribution is -2.11. The quantitative estimate of drug-likeness (QED) is 0.603. The Bertz CT molecular complexity index is 968. The van der Waals surface area contributed by atoms with Crippen molar-refractivity contribution in [1.82, 2.24) is 4.98 Å². The number of halogens is 1. The molecule has 8 heteroatoms. The first-order valence-electron chi connectivity index (χ1n) is 8.10. The Kier molecular flexibility index (Phi) is 5.46. The zero-order valence-electron chi connectivity index (χ0n) is 14.7. The summed E-state index contributed by atoms with van der Waals surface area (Å²) in [4.78, 5) is 28.4. The number of nitrogens with one attached hydrogen (secondary N) is 3. The van der Waals surface area contributed by atoms with Crippen molar-refractivity contribution in [1.29, 1.82) is 0 Å². The molecule has 0 radical (unpaired) electrons. The van der Waals surface area contributed by atoms with Gasteiger partial charge in [0.15, 0.2) is 5.13 Å². The minimum Gasteiger partial charge on any atom is -0.332 e. The van der Waals surface area contributed by atoms with E-state index in [1.54, 1.807) is 43.3 Å². The molecule has 1 heterocycles. The number of hydrogen-bond donors (Lipinski definition) is 3. The van der Waals surface area contributed by atoms with E-state index in [0.717, 1.165) is 0 Å². The second kappa shape index (κ2) is 7.96. The molecule has 0 unspecified atom stereocenters. The van der Waals surface area contributed by atoms with Gasteiger partial charge >= 0.3 is 0 Å². The number of carbonyl (C=O) groups is 2. The number of anilines is 4. The number of aromatic nitrogens is 1. The van der Waals surface area contributed by atoms with E-state index >= 15 is 0 Å². The highest BCUT2D eigenvalue weighted by Crippen LogP contribution is 2.27. The molecule has 0 fully saturated rings. The van der Waals surface area contributed by atoms with Crippen LogP contribution in [0.15, 0.2) is 48.5 Å². The Balaban J connectivity index is 1.68. The molecule has 0 aliphatic carbocycles. The fourth-order valence-electron chi connectivity index (χ4n) is 2.35. The van der Waals surface area contributed by atoms with Crippen molar-refractivity contribution in [2.24, 2.45) is 0 Å². The zero-order valence-corrected chi connectivity index (χ0v) is 15.5. The monoisotopic (exact) mass is 384 g/mol. The maximum atomic E-state index is 13.0. The van der Waals surface area contributed by atoms with Gasteiger partial charge in [-0.1, -0.05) is 11.3 Å². The second-order valence-electron chi connectivity index (χ2n) is 5.78. The van der Waals surface area contributed by atoms with Crippen LogP contribution in [0.1, 0.15) is 22.3 Å². The van der Waals surface area contributed by atoms with Gasteiger partial charge < -0.3 is 16.0 Å². The van der Waals surface area contributed by atoms with Crippen molar-refractivity contribution in [2.45, 2.75) is 13.8 Å². The predicted octanol–water partition coefficient (Wildman–Crippen LogP) is 4.54. The summed E-state index contributed by atoms with van der Waals surface area (Å²) in [6, 6.07) is 12.7. The van der Waals surface area contributed by atoms with Crippen molar-refractivity contribution in [2.75, 3.05) is 16.0 Å². The SMILES string of the molecule is CC(=O)Nc1ccc(NC(=O)c2sc(Nc3ccc(F)cc3)nc2C)cc1. The van der Waals surface area contributed by atoms with Crippen molar-refractivity contribution in [3.63, 3.8) is 0 Å². The van der Waals surface area contributed by atoms with Gasteiger partial charge in [-0.2, -0.15) is 0 Å². The van der Waals surface area contributed by atoms with Crippen LogP contribution < -0.4 is 16.0 Å². The van der Waals surface area contributed by atoms with E-state index in [0.29, 0.717) is 32.8 Å². The Morgan fingerprint density at radius 1 is 0.926 bits per heavy atom. The van der Waals surface area contributed by atoms with Gasteiger partial charge in [-0.15, -0.1) is 0 Å². The molecule has 27 heavy (non-hydrogen) atoms. The minimum absolute atomic E-state index is 0.159. The highest BCUT2D eigenvalue weighted by Gasteiger charge is 2.16. The van der Waals surface area contributed by atoms with Gasteiger partial charge in [0.1, 0.15) is 10.7 Å². The van der Waals surface area contributed by atoms with Crippen molar-refractivity contribution < 1.29 is 14.0 Å². The number of thiazole rings is 1. The first-order chi connectivity index (χ1) is 12.9. The number of benzene rings is 2. The lowest BCUT2D eigenvalue weighted by Gasteiger charge is -2.06. The van der Waals surface area contributed by atoms with Gasteiger partial charge in [0.2, 0.25) is 5.91 Å². The predicted molar refractivity (Wildman–Crippen MR) is 105 cm³/mol. The Hall–Kier alpha value is -3.26. The van der Waals surface area contributed by atoms with E-state index in [1.165, 1.54) is 30.4 Å². The zero-order chi connectivity index (χ0) is 19.4. The smallest absolute Gasteiger partial charge is 0.267 e. The summed E-state index contributed by atoms with van der Waals surface area (Å²) in [6.07, 6.45) is 0. The van der Waals surface area contributed by atoms with E-state index in [4.69, 9.17) is 0 Å².